The fourth-order valence-electron chi connectivity index (χ4n) is 5.75. The smallest absolute Gasteiger partial charge is 0.255 e. The molecule has 5 aromatic rings. The first kappa shape index (κ1) is 25.7. The van der Waals surface area contributed by atoms with E-state index in [4.69, 9.17) is 14.7 Å². The number of nitrogens with zero attached hydrogens (tertiary/aromatic N) is 7. The lowest BCUT2D eigenvalue weighted by Crippen LogP contribution is -2.38. The Bertz CT molecular complexity index is 1740. The molecular weight excluding hydrogens is 528 g/mol. The molecule has 1 unspecified atom stereocenters. The zero-order chi connectivity index (χ0) is 28.1. The highest BCUT2D eigenvalue weighted by Gasteiger charge is 2.29. The van der Waals surface area contributed by atoms with E-state index < -0.39 is 13.0 Å². The number of ether oxygens (including phenoxy) is 1. The molecule has 2 aliphatic rings. The molecule has 7 rings (SSSR count). The summed E-state index contributed by atoms with van der Waals surface area (Å²) in [5.41, 5.74) is 4.47. The number of aromatic nitrogens is 6. The lowest BCUT2D eigenvalue weighted by Gasteiger charge is -2.27. The van der Waals surface area contributed by atoms with Gasteiger partial charge in [0.05, 0.1) is 35.5 Å². The number of hydrogen-bond donors (Lipinski definition) is 0. The van der Waals surface area contributed by atoms with Gasteiger partial charge in [-0.05, 0) is 43.4 Å². The summed E-state index contributed by atoms with van der Waals surface area (Å²) in [6.45, 7) is 1.15. The molecule has 0 radical (unpaired) electrons. The molecular formula is C30H31F2N7O2. The van der Waals surface area contributed by atoms with Crippen LogP contribution in [0.1, 0.15) is 41.6 Å². The first-order valence-electron chi connectivity index (χ1n) is 14.1. The van der Waals surface area contributed by atoms with Crippen molar-refractivity contribution < 1.29 is 18.3 Å². The van der Waals surface area contributed by atoms with Crippen molar-refractivity contribution in [3.8, 4) is 17.3 Å². The number of halogens is 2. The molecule has 1 aromatic carbocycles. The zero-order valence-electron chi connectivity index (χ0n) is 22.8. The molecule has 11 heteroatoms. The maximum atomic E-state index is 14.8. The Kier molecular flexibility index (Phi) is 6.44. The SMILES string of the molecule is Cn1c(-c2cc3cccc(OCC(F)n4ccnc4)c3n2CC2CC2)nc2cc3c(nc21)CCN(CCCF)C3=O. The van der Waals surface area contributed by atoms with Gasteiger partial charge in [-0.15, -0.1) is 0 Å². The Hall–Kier alpha value is -4.28. The molecule has 9 nitrogen and oxygen atoms in total. The van der Waals surface area contributed by atoms with Crippen LogP contribution < -0.4 is 4.74 Å². The Morgan fingerprint density at radius 2 is 2.07 bits per heavy atom. The highest BCUT2D eigenvalue weighted by molar-refractivity contribution is 5.99. The second-order valence-corrected chi connectivity index (χ2v) is 10.9. The van der Waals surface area contributed by atoms with Crippen molar-refractivity contribution in [2.24, 2.45) is 13.0 Å². The van der Waals surface area contributed by atoms with Gasteiger partial charge in [0.2, 0.25) is 6.30 Å². The van der Waals surface area contributed by atoms with E-state index >= 15 is 0 Å². The molecule has 1 aliphatic carbocycles. The molecule has 1 aliphatic heterocycles. The van der Waals surface area contributed by atoms with E-state index in [9.17, 15) is 13.6 Å². The average Bonchev–Trinajstić information content (AvgIpc) is 3.35. The molecule has 212 valence electrons. The Balaban J connectivity index is 1.28. The summed E-state index contributed by atoms with van der Waals surface area (Å²) in [6, 6.07) is 9.74. The van der Waals surface area contributed by atoms with Crippen LogP contribution in [0.2, 0.25) is 0 Å². The number of rotatable bonds is 10. The van der Waals surface area contributed by atoms with Gasteiger partial charge in [-0.2, -0.15) is 0 Å². The number of alkyl halides is 2. The van der Waals surface area contributed by atoms with Crippen molar-refractivity contribution in [3.63, 3.8) is 0 Å². The van der Waals surface area contributed by atoms with Crippen LogP contribution in [0.5, 0.6) is 5.75 Å². The summed E-state index contributed by atoms with van der Waals surface area (Å²) in [6.07, 6.45) is 6.48. The predicted octanol–water partition coefficient (Wildman–Crippen LogP) is 5.10. The van der Waals surface area contributed by atoms with Crippen molar-refractivity contribution >= 4 is 28.0 Å². The molecule has 4 aromatic heterocycles. The summed E-state index contributed by atoms with van der Waals surface area (Å²) in [5.74, 6) is 1.79. The maximum Gasteiger partial charge on any atom is 0.255 e. The van der Waals surface area contributed by atoms with Crippen molar-refractivity contribution in [2.75, 3.05) is 26.4 Å². The van der Waals surface area contributed by atoms with Gasteiger partial charge in [-0.25, -0.2) is 19.3 Å². The van der Waals surface area contributed by atoms with Gasteiger partial charge in [-0.1, -0.05) is 12.1 Å². The molecule has 1 saturated carbocycles. The third-order valence-corrected chi connectivity index (χ3v) is 8.10. The quantitative estimate of drug-likeness (QED) is 0.238. The molecule has 41 heavy (non-hydrogen) atoms. The monoisotopic (exact) mass is 559 g/mol. The minimum Gasteiger partial charge on any atom is -0.486 e. The minimum absolute atomic E-state index is 0.118. The van der Waals surface area contributed by atoms with Crippen LogP contribution in [0.15, 0.2) is 49.1 Å². The van der Waals surface area contributed by atoms with E-state index in [0.717, 1.165) is 47.5 Å². The molecule has 1 fully saturated rings. The van der Waals surface area contributed by atoms with Gasteiger partial charge >= 0.3 is 0 Å². The van der Waals surface area contributed by atoms with Crippen LogP contribution in [0, 0.1) is 5.92 Å². The van der Waals surface area contributed by atoms with Gasteiger partial charge < -0.3 is 23.3 Å². The molecule has 5 heterocycles. The summed E-state index contributed by atoms with van der Waals surface area (Å²) in [5, 5.41) is 0.981. The second-order valence-electron chi connectivity index (χ2n) is 10.9. The van der Waals surface area contributed by atoms with E-state index in [1.165, 1.54) is 10.9 Å². The highest BCUT2D eigenvalue weighted by atomic mass is 19.1. The van der Waals surface area contributed by atoms with Crippen LogP contribution in [-0.2, 0) is 20.0 Å². The molecule has 0 bridgehead atoms. The Labute approximate surface area is 235 Å². The van der Waals surface area contributed by atoms with Crippen LogP contribution in [0.4, 0.5) is 8.78 Å². The van der Waals surface area contributed by atoms with E-state index in [1.54, 1.807) is 17.3 Å². The van der Waals surface area contributed by atoms with Crippen molar-refractivity contribution in [1.82, 2.24) is 33.6 Å². The standard InChI is InChI=1S/C30H31F2N7O2/c1-36-28-23(15-21-22(34-28)8-12-37(30(21)40)11-3-9-31)35-29(36)24-14-20-4-2-5-25(27(20)39(24)16-19-6-7-19)41-17-26(32)38-13-10-33-18-38/h2,4-5,10,13-15,18-19,26H,3,6-9,11-12,16-17H2,1H3. The van der Waals surface area contributed by atoms with Crippen LogP contribution in [0.25, 0.3) is 33.6 Å². The predicted molar refractivity (Wildman–Crippen MR) is 150 cm³/mol. The largest absolute Gasteiger partial charge is 0.486 e. The van der Waals surface area contributed by atoms with Gasteiger partial charge in [0.15, 0.2) is 11.5 Å². The number of carbonyl (C=O) groups is 1. The third kappa shape index (κ3) is 4.62. The normalized spacial score (nSPS) is 16.1. The topological polar surface area (TPSA) is 83.0 Å². The lowest BCUT2D eigenvalue weighted by atomic mass is 10.0. The fraction of sp³-hybridized carbons (Fsp3) is 0.400. The number of pyridine rings is 1. The van der Waals surface area contributed by atoms with Gasteiger partial charge in [0.25, 0.3) is 5.91 Å². The third-order valence-electron chi connectivity index (χ3n) is 8.10. The van der Waals surface area contributed by atoms with Crippen molar-refractivity contribution in [1.29, 1.82) is 0 Å². The first-order valence-corrected chi connectivity index (χ1v) is 14.1. The number of para-hydroxylation sites is 1. The fourth-order valence-corrected chi connectivity index (χ4v) is 5.75. The zero-order valence-corrected chi connectivity index (χ0v) is 22.8. The summed E-state index contributed by atoms with van der Waals surface area (Å²) in [4.78, 5) is 28.6. The number of amides is 1. The van der Waals surface area contributed by atoms with Crippen molar-refractivity contribution in [2.45, 2.75) is 38.5 Å². The van der Waals surface area contributed by atoms with E-state index in [0.29, 0.717) is 54.3 Å². The second kappa shape index (κ2) is 10.3. The van der Waals surface area contributed by atoms with E-state index in [2.05, 4.69) is 15.6 Å². The Morgan fingerprint density at radius 1 is 1.20 bits per heavy atom. The molecule has 0 N–H and O–H groups in total. The number of hydrogen-bond acceptors (Lipinski definition) is 5. The van der Waals surface area contributed by atoms with Gasteiger partial charge in [-0.3, -0.25) is 9.18 Å². The molecule has 1 amide bonds. The van der Waals surface area contributed by atoms with Gasteiger partial charge in [0.1, 0.15) is 17.9 Å². The van der Waals surface area contributed by atoms with E-state index in [-0.39, 0.29) is 12.5 Å². The number of aryl methyl sites for hydroxylation is 1. The highest BCUT2D eigenvalue weighted by Crippen LogP contribution is 2.39. The van der Waals surface area contributed by atoms with Crippen LogP contribution >= 0.6 is 0 Å². The van der Waals surface area contributed by atoms with Crippen LogP contribution in [0.3, 0.4) is 0 Å². The average molecular weight is 560 g/mol. The number of imidazole rings is 2. The minimum atomic E-state index is -1.35. The van der Waals surface area contributed by atoms with Crippen molar-refractivity contribution in [3.05, 3.63) is 60.3 Å². The number of fused-ring (bicyclic) bond motifs is 3. The first-order chi connectivity index (χ1) is 20.0. The van der Waals surface area contributed by atoms with Crippen LogP contribution in [-0.4, -0.2) is 65.8 Å². The lowest BCUT2D eigenvalue weighted by molar-refractivity contribution is 0.0733. The van der Waals surface area contributed by atoms with Gasteiger partial charge in [0, 0.05) is 50.9 Å². The molecule has 0 saturated heterocycles. The summed E-state index contributed by atoms with van der Waals surface area (Å²) in [7, 11) is 1.94. The number of carbonyl (C=O) groups excluding carboxylic acids is 1. The summed E-state index contributed by atoms with van der Waals surface area (Å²) >= 11 is 0. The summed E-state index contributed by atoms with van der Waals surface area (Å²) < 4.78 is 39.2. The maximum absolute atomic E-state index is 14.8. The Morgan fingerprint density at radius 3 is 2.85 bits per heavy atom. The molecule has 1 atom stereocenters. The van der Waals surface area contributed by atoms with E-state index in [1.807, 2.05) is 35.9 Å². The number of benzene rings is 1. The molecule has 0 spiro atoms.